The smallest absolute Gasteiger partial charge is 0.321 e. The first kappa shape index (κ1) is 21.4. The second-order valence-electron chi connectivity index (χ2n) is 6.68. The number of para-hydroxylation sites is 2. The van der Waals surface area contributed by atoms with E-state index < -0.39 is 4.92 Å². The van der Waals surface area contributed by atoms with E-state index in [9.17, 15) is 19.7 Å². The normalized spacial score (nSPS) is 14.0. The van der Waals surface area contributed by atoms with E-state index >= 15 is 0 Å². The molecule has 1 heterocycles. The minimum atomic E-state index is -0.553. The van der Waals surface area contributed by atoms with Gasteiger partial charge in [0.2, 0.25) is 0 Å². The van der Waals surface area contributed by atoms with Crippen LogP contribution in [0.4, 0.5) is 16.2 Å². The van der Waals surface area contributed by atoms with Crippen LogP contribution in [0.2, 0.25) is 5.02 Å². The van der Waals surface area contributed by atoms with E-state index in [0.717, 1.165) is 0 Å². The minimum Gasteiger partial charge on any atom is -0.477 e. The van der Waals surface area contributed by atoms with Gasteiger partial charge in [0, 0.05) is 43.0 Å². The SMILES string of the molecule is O=C(COc1ccccc1[N+](=O)[O-])N1CCCN(C(=O)Nc2cccc(Cl)c2)CC1. The average molecular weight is 433 g/mol. The van der Waals surface area contributed by atoms with Gasteiger partial charge in [-0.25, -0.2) is 4.79 Å². The van der Waals surface area contributed by atoms with Crippen LogP contribution in [0, 0.1) is 10.1 Å². The number of nitro groups is 1. The predicted octanol–water partition coefficient (Wildman–Crippen LogP) is 3.39. The summed E-state index contributed by atoms with van der Waals surface area (Å²) >= 11 is 5.94. The zero-order valence-corrected chi connectivity index (χ0v) is 16.9. The molecule has 3 rings (SSSR count). The molecule has 10 heteroatoms. The van der Waals surface area contributed by atoms with Crippen molar-refractivity contribution < 1.29 is 19.2 Å². The van der Waals surface area contributed by atoms with Crippen LogP contribution in [0.15, 0.2) is 48.5 Å². The molecule has 0 unspecified atom stereocenters. The van der Waals surface area contributed by atoms with E-state index in [1.54, 1.807) is 40.1 Å². The average Bonchev–Trinajstić information content (AvgIpc) is 2.98. The number of rotatable bonds is 5. The largest absolute Gasteiger partial charge is 0.477 e. The molecule has 0 radical (unpaired) electrons. The van der Waals surface area contributed by atoms with Gasteiger partial charge in [-0.1, -0.05) is 29.8 Å². The van der Waals surface area contributed by atoms with E-state index in [4.69, 9.17) is 16.3 Å². The van der Waals surface area contributed by atoms with E-state index in [2.05, 4.69) is 5.32 Å². The highest BCUT2D eigenvalue weighted by molar-refractivity contribution is 6.30. The third kappa shape index (κ3) is 5.60. The van der Waals surface area contributed by atoms with Crippen LogP contribution < -0.4 is 10.1 Å². The molecule has 2 aromatic rings. The second kappa shape index (κ2) is 9.93. The van der Waals surface area contributed by atoms with Crippen LogP contribution in [-0.2, 0) is 4.79 Å². The van der Waals surface area contributed by atoms with Crippen LogP contribution in [-0.4, -0.2) is 59.4 Å². The molecule has 0 atom stereocenters. The van der Waals surface area contributed by atoms with E-state index in [1.807, 2.05) is 0 Å². The van der Waals surface area contributed by atoms with Gasteiger partial charge in [-0.15, -0.1) is 0 Å². The molecular formula is C20H21ClN4O5. The monoisotopic (exact) mass is 432 g/mol. The van der Waals surface area contributed by atoms with Crippen LogP contribution in [0.5, 0.6) is 5.75 Å². The molecule has 0 saturated carbocycles. The number of urea groups is 1. The number of benzene rings is 2. The summed E-state index contributed by atoms with van der Waals surface area (Å²) in [5.41, 5.74) is 0.410. The number of carbonyl (C=O) groups excluding carboxylic acids is 2. The first-order valence-electron chi connectivity index (χ1n) is 9.39. The summed E-state index contributed by atoms with van der Waals surface area (Å²) in [6.07, 6.45) is 0.611. The standard InChI is InChI=1S/C20H21ClN4O5/c21-15-5-3-6-16(13-15)22-20(27)24-10-4-9-23(11-12-24)19(26)14-30-18-8-2-1-7-17(18)25(28)29/h1-3,5-8,13H,4,9-12,14H2,(H,22,27). The molecule has 9 nitrogen and oxygen atoms in total. The number of carbonyl (C=O) groups is 2. The third-order valence-electron chi connectivity index (χ3n) is 4.62. The zero-order valence-electron chi connectivity index (χ0n) is 16.1. The molecule has 3 amide bonds. The number of hydrogen-bond acceptors (Lipinski definition) is 5. The van der Waals surface area contributed by atoms with Crippen molar-refractivity contribution in [3.63, 3.8) is 0 Å². The fourth-order valence-electron chi connectivity index (χ4n) is 3.10. The Labute approximate surface area is 178 Å². The lowest BCUT2D eigenvalue weighted by Gasteiger charge is -2.22. The Bertz CT molecular complexity index is 939. The van der Waals surface area contributed by atoms with E-state index in [1.165, 1.54) is 18.2 Å². The maximum atomic E-state index is 12.5. The molecule has 0 aromatic heterocycles. The van der Waals surface area contributed by atoms with Crippen molar-refractivity contribution in [2.75, 3.05) is 38.1 Å². The number of nitrogens with one attached hydrogen (secondary N) is 1. The first-order chi connectivity index (χ1) is 14.4. The topological polar surface area (TPSA) is 105 Å². The van der Waals surface area contributed by atoms with Gasteiger partial charge in [0.1, 0.15) is 0 Å². The molecule has 1 aliphatic rings. The number of hydrogen-bond donors (Lipinski definition) is 1. The minimum absolute atomic E-state index is 0.0493. The number of halogens is 1. The molecule has 1 saturated heterocycles. The quantitative estimate of drug-likeness (QED) is 0.576. The molecule has 30 heavy (non-hydrogen) atoms. The van der Waals surface area contributed by atoms with Gasteiger partial charge in [0.25, 0.3) is 5.91 Å². The lowest BCUT2D eigenvalue weighted by molar-refractivity contribution is -0.385. The maximum Gasteiger partial charge on any atom is 0.321 e. The summed E-state index contributed by atoms with van der Waals surface area (Å²) in [7, 11) is 0. The van der Waals surface area contributed by atoms with Gasteiger partial charge in [-0.3, -0.25) is 14.9 Å². The summed E-state index contributed by atoms with van der Waals surface area (Å²) in [5.74, 6) is -0.238. The Balaban J connectivity index is 1.52. The van der Waals surface area contributed by atoms with Crippen molar-refractivity contribution in [2.24, 2.45) is 0 Å². The van der Waals surface area contributed by atoms with E-state index in [-0.39, 0.29) is 30.0 Å². The van der Waals surface area contributed by atoms with Gasteiger partial charge in [0.15, 0.2) is 12.4 Å². The number of amides is 3. The summed E-state index contributed by atoms with van der Waals surface area (Å²) in [6, 6.07) is 12.5. The molecule has 0 bridgehead atoms. The summed E-state index contributed by atoms with van der Waals surface area (Å²) < 4.78 is 5.38. The molecule has 1 N–H and O–H groups in total. The number of ether oxygens (including phenoxy) is 1. The molecule has 0 aliphatic carbocycles. The van der Waals surface area contributed by atoms with Crippen LogP contribution >= 0.6 is 11.6 Å². The molecular weight excluding hydrogens is 412 g/mol. The Hall–Kier alpha value is -3.33. The number of anilines is 1. The van der Waals surface area contributed by atoms with Crippen molar-refractivity contribution in [1.29, 1.82) is 0 Å². The van der Waals surface area contributed by atoms with Crippen molar-refractivity contribution >= 4 is 34.9 Å². The molecule has 1 fully saturated rings. The first-order valence-corrected chi connectivity index (χ1v) is 9.77. The third-order valence-corrected chi connectivity index (χ3v) is 4.86. The number of nitrogens with zero attached hydrogens (tertiary/aromatic N) is 3. The highest BCUT2D eigenvalue weighted by atomic mass is 35.5. The van der Waals surface area contributed by atoms with Gasteiger partial charge in [0.05, 0.1) is 4.92 Å². The Kier molecular flexibility index (Phi) is 7.08. The lowest BCUT2D eigenvalue weighted by atomic mass is 10.3. The van der Waals surface area contributed by atoms with Crippen LogP contribution in [0.25, 0.3) is 0 Å². The summed E-state index contributed by atoms with van der Waals surface area (Å²) in [5, 5.41) is 14.4. The van der Waals surface area contributed by atoms with Crippen molar-refractivity contribution in [3.8, 4) is 5.75 Å². The highest BCUT2D eigenvalue weighted by Crippen LogP contribution is 2.25. The molecule has 0 spiro atoms. The fourth-order valence-corrected chi connectivity index (χ4v) is 3.29. The van der Waals surface area contributed by atoms with E-state index in [0.29, 0.717) is 43.3 Å². The fraction of sp³-hybridized carbons (Fsp3) is 0.300. The van der Waals surface area contributed by atoms with Gasteiger partial charge in [-0.2, -0.15) is 0 Å². The van der Waals surface area contributed by atoms with Crippen molar-refractivity contribution in [3.05, 3.63) is 63.7 Å². The van der Waals surface area contributed by atoms with Crippen LogP contribution in [0.3, 0.4) is 0 Å². The lowest BCUT2D eigenvalue weighted by Crippen LogP contribution is -2.40. The zero-order chi connectivity index (χ0) is 21.5. The van der Waals surface area contributed by atoms with Crippen molar-refractivity contribution in [1.82, 2.24) is 9.80 Å². The van der Waals surface area contributed by atoms with Gasteiger partial charge >= 0.3 is 11.7 Å². The van der Waals surface area contributed by atoms with Gasteiger partial charge in [-0.05, 0) is 30.7 Å². The molecule has 2 aromatic carbocycles. The summed E-state index contributed by atoms with van der Waals surface area (Å²) in [4.78, 5) is 38.7. The number of nitro benzene ring substituents is 1. The maximum absolute atomic E-state index is 12.5. The Morgan fingerprint density at radius 3 is 2.57 bits per heavy atom. The molecule has 158 valence electrons. The Morgan fingerprint density at radius 1 is 1.07 bits per heavy atom. The predicted molar refractivity (Wildman–Crippen MR) is 112 cm³/mol. The Morgan fingerprint density at radius 2 is 1.80 bits per heavy atom. The van der Waals surface area contributed by atoms with Crippen molar-refractivity contribution in [2.45, 2.75) is 6.42 Å². The highest BCUT2D eigenvalue weighted by Gasteiger charge is 2.23. The second-order valence-corrected chi connectivity index (χ2v) is 7.11. The van der Waals surface area contributed by atoms with Gasteiger partial charge < -0.3 is 19.9 Å². The van der Waals surface area contributed by atoms with Crippen LogP contribution in [0.1, 0.15) is 6.42 Å². The molecule has 1 aliphatic heterocycles. The summed E-state index contributed by atoms with van der Waals surface area (Å²) in [6.45, 7) is 1.38.